The summed E-state index contributed by atoms with van der Waals surface area (Å²) in [4.78, 5) is 11.1. The van der Waals surface area contributed by atoms with Crippen LogP contribution in [0.4, 0.5) is 17.6 Å². The van der Waals surface area contributed by atoms with Gasteiger partial charge in [-0.3, -0.25) is 4.79 Å². The average Bonchev–Trinajstić information content (AvgIpc) is 2.74. The Morgan fingerprint density at radius 3 is 2.21 bits per heavy atom. The first kappa shape index (κ1) is 13.1. The number of alkyl halides is 3. The van der Waals surface area contributed by atoms with Crippen molar-refractivity contribution in [1.29, 1.82) is 0 Å². The molecule has 0 saturated carbocycles. The summed E-state index contributed by atoms with van der Waals surface area (Å²) >= 11 is 0. The van der Waals surface area contributed by atoms with Crippen LogP contribution in [0.15, 0.2) is 34.7 Å². The van der Waals surface area contributed by atoms with E-state index in [-0.39, 0.29) is 11.3 Å². The van der Waals surface area contributed by atoms with Crippen LogP contribution in [-0.4, -0.2) is 5.91 Å². The number of rotatable bonds is 2. The van der Waals surface area contributed by atoms with Crippen LogP contribution in [0.5, 0.6) is 0 Å². The summed E-state index contributed by atoms with van der Waals surface area (Å²) in [6.45, 7) is 0. The number of carbonyl (C=O) groups excluding carboxylic acids is 1. The fourth-order valence-electron chi connectivity index (χ4n) is 1.53. The maximum Gasteiger partial charge on any atom is 0.449 e. The number of carbonyl (C=O) groups is 1. The van der Waals surface area contributed by atoms with Crippen LogP contribution in [0.2, 0.25) is 0 Å². The lowest BCUT2D eigenvalue weighted by Gasteiger charge is -2.01. The van der Waals surface area contributed by atoms with Gasteiger partial charge < -0.3 is 10.2 Å². The van der Waals surface area contributed by atoms with Crippen molar-refractivity contribution in [3.05, 3.63) is 47.5 Å². The highest BCUT2D eigenvalue weighted by molar-refractivity contribution is 5.98. The standard InChI is InChI=1S/C12H7F4NO2/c13-7-3-1-6(2-4-7)10-8(11(17)18)5-9(19-10)12(14,15)16/h1-5H,(H2,17,18). The molecular formula is C12H7F4NO2. The van der Waals surface area contributed by atoms with Gasteiger partial charge in [0.15, 0.2) is 0 Å². The van der Waals surface area contributed by atoms with Crippen LogP contribution < -0.4 is 5.73 Å². The lowest BCUT2D eigenvalue weighted by atomic mass is 10.1. The predicted octanol–water partition coefficient (Wildman–Crippen LogP) is 3.20. The highest BCUT2D eigenvalue weighted by Crippen LogP contribution is 2.36. The Bertz CT molecular complexity index is 614. The van der Waals surface area contributed by atoms with Crippen LogP contribution in [0, 0.1) is 5.82 Å². The van der Waals surface area contributed by atoms with E-state index in [4.69, 9.17) is 5.73 Å². The SMILES string of the molecule is NC(=O)c1cc(C(F)(F)F)oc1-c1ccc(F)cc1. The quantitative estimate of drug-likeness (QED) is 0.854. The van der Waals surface area contributed by atoms with Gasteiger partial charge in [-0.15, -0.1) is 0 Å². The van der Waals surface area contributed by atoms with Gasteiger partial charge in [0.2, 0.25) is 5.76 Å². The van der Waals surface area contributed by atoms with E-state index in [1.807, 2.05) is 0 Å². The lowest BCUT2D eigenvalue weighted by Crippen LogP contribution is -2.11. The topological polar surface area (TPSA) is 56.2 Å². The molecular weight excluding hydrogens is 266 g/mol. The molecule has 0 aliphatic carbocycles. The Hall–Kier alpha value is -2.31. The lowest BCUT2D eigenvalue weighted by molar-refractivity contribution is -0.152. The van der Waals surface area contributed by atoms with E-state index < -0.39 is 29.2 Å². The van der Waals surface area contributed by atoms with Crippen LogP contribution >= 0.6 is 0 Å². The van der Waals surface area contributed by atoms with E-state index in [2.05, 4.69) is 4.42 Å². The van der Waals surface area contributed by atoms with Gasteiger partial charge in [0.25, 0.3) is 5.91 Å². The Morgan fingerprint density at radius 1 is 1.16 bits per heavy atom. The third-order valence-corrected chi connectivity index (χ3v) is 2.38. The molecule has 0 fully saturated rings. The van der Waals surface area contributed by atoms with E-state index in [1.165, 1.54) is 12.1 Å². The Labute approximate surface area is 104 Å². The molecule has 1 heterocycles. The summed E-state index contributed by atoms with van der Waals surface area (Å²) in [6, 6.07) is 4.99. The van der Waals surface area contributed by atoms with Crippen LogP contribution in [0.3, 0.4) is 0 Å². The molecule has 2 rings (SSSR count). The fourth-order valence-corrected chi connectivity index (χ4v) is 1.53. The zero-order valence-corrected chi connectivity index (χ0v) is 9.29. The largest absolute Gasteiger partial charge is 0.451 e. The van der Waals surface area contributed by atoms with Crippen molar-refractivity contribution < 1.29 is 26.8 Å². The molecule has 0 saturated heterocycles. The molecule has 1 aromatic heterocycles. The van der Waals surface area contributed by atoms with Gasteiger partial charge in [-0.2, -0.15) is 13.2 Å². The Balaban J connectivity index is 2.58. The highest BCUT2D eigenvalue weighted by Gasteiger charge is 2.37. The molecule has 0 aliphatic rings. The molecule has 2 N–H and O–H groups in total. The first-order valence-electron chi connectivity index (χ1n) is 5.06. The normalized spacial score (nSPS) is 11.6. The maximum atomic E-state index is 12.8. The zero-order valence-electron chi connectivity index (χ0n) is 9.29. The van der Waals surface area contributed by atoms with Crippen molar-refractivity contribution in [2.45, 2.75) is 6.18 Å². The van der Waals surface area contributed by atoms with Crippen molar-refractivity contribution in [3.8, 4) is 11.3 Å². The van der Waals surface area contributed by atoms with Gasteiger partial charge in [-0.05, 0) is 24.3 Å². The van der Waals surface area contributed by atoms with Crippen LogP contribution in [0.25, 0.3) is 11.3 Å². The molecule has 0 spiro atoms. The van der Waals surface area contributed by atoms with Crippen LogP contribution in [-0.2, 0) is 6.18 Å². The molecule has 1 amide bonds. The van der Waals surface area contributed by atoms with Gasteiger partial charge in [0, 0.05) is 11.6 Å². The van der Waals surface area contributed by atoms with Gasteiger partial charge in [-0.1, -0.05) is 0 Å². The smallest absolute Gasteiger partial charge is 0.449 e. The molecule has 0 aliphatic heterocycles. The second-order valence-electron chi connectivity index (χ2n) is 3.72. The second kappa shape index (κ2) is 4.42. The number of halogens is 4. The number of amides is 1. The van der Waals surface area contributed by atoms with Crippen molar-refractivity contribution >= 4 is 5.91 Å². The minimum Gasteiger partial charge on any atom is -0.451 e. The van der Waals surface area contributed by atoms with Gasteiger partial charge in [-0.25, -0.2) is 4.39 Å². The summed E-state index contributed by atoms with van der Waals surface area (Å²) in [5, 5.41) is 0. The van der Waals surface area contributed by atoms with Crippen molar-refractivity contribution in [1.82, 2.24) is 0 Å². The predicted molar refractivity (Wildman–Crippen MR) is 57.6 cm³/mol. The Morgan fingerprint density at radius 2 is 1.74 bits per heavy atom. The fraction of sp³-hybridized carbons (Fsp3) is 0.0833. The van der Waals surface area contributed by atoms with E-state index in [0.29, 0.717) is 6.07 Å². The summed E-state index contributed by atoms with van der Waals surface area (Å²) < 4.78 is 54.9. The number of hydrogen-bond donors (Lipinski definition) is 1. The van der Waals surface area contributed by atoms with Crippen molar-refractivity contribution in [2.24, 2.45) is 5.73 Å². The molecule has 0 bridgehead atoms. The van der Waals surface area contributed by atoms with E-state index in [9.17, 15) is 22.4 Å². The number of hydrogen-bond acceptors (Lipinski definition) is 2. The summed E-state index contributed by atoms with van der Waals surface area (Å²) in [5.74, 6) is -3.29. The zero-order chi connectivity index (χ0) is 14.2. The van der Waals surface area contributed by atoms with E-state index in [1.54, 1.807) is 0 Å². The molecule has 2 aromatic rings. The molecule has 7 heteroatoms. The minimum absolute atomic E-state index is 0.130. The second-order valence-corrected chi connectivity index (χ2v) is 3.72. The molecule has 0 radical (unpaired) electrons. The van der Waals surface area contributed by atoms with Gasteiger partial charge in [0.1, 0.15) is 11.6 Å². The molecule has 1 aromatic carbocycles. The third-order valence-electron chi connectivity index (χ3n) is 2.38. The van der Waals surface area contributed by atoms with Crippen LogP contribution in [0.1, 0.15) is 16.1 Å². The van der Waals surface area contributed by atoms with Crippen molar-refractivity contribution in [3.63, 3.8) is 0 Å². The summed E-state index contributed by atoms with van der Waals surface area (Å²) in [5.41, 5.74) is 4.72. The monoisotopic (exact) mass is 273 g/mol. The number of furan rings is 1. The maximum absolute atomic E-state index is 12.8. The molecule has 3 nitrogen and oxygen atoms in total. The summed E-state index contributed by atoms with van der Waals surface area (Å²) in [7, 11) is 0. The first-order chi connectivity index (χ1) is 8.79. The van der Waals surface area contributed by atoms with Gasteiger partial charge in [0.05, 0.1) is 5.56 Å². The first-order valence-corrected chi connectivity index (χ1v) is 5.06. The number of primary amides is 1. The third kappa shape index (κ3) is 2.59. The molecule has 100 valence electrons. The van der Waals surface area contributed by atoms with Crippen molar-refractivity contribution in [2.75, 3.05) is 0 Å². The summed E-state index contributed by atoms with van der Waals surface area (Å²) in [6.07, 6.45) is -4.73. The number of benzene rings is 1. The number of nitrogens with two attached hydrogens (primary N) is 1. The average molecular weight is 273 g/mol. The highest BCUT2D eigenvalue weighted by atomic mass is 19.4. The molecule has 0 atom stereocenters. The molecule has 19 heavy (non-hydrogen) atoms. The van der Waals surface area contributed by atoms with Gasteiger partial charge >= 0.3 is 6.18 Å². The minimum atomic E-state index is -4.73. The van der Waals surface area contributed by atoms with E-state index in [0.717, 1.165) is 12.1 Å². The Kier molecular flexibility index (Phi) is 3.05. The van der Waals surface area contributed by atoms with E-state index >= 15 is 0 Å². The molecule has 0 unspecified atom stereocenters.